The first-order valence-electron chi connectivity index (χ1n) is 6.44. The molecule has 0 aromatic heterocycles. The molecule has 1 fully saturated rings. The number of nitrogens with one attached hydrogen (secondary N) is 1. The maximum atomic E-state index is 12.8. The number of hydrogen-bond acceptors (Lipinski definition) is 1. The van der Waals surface area contributed by atoms with Gasteiger partial charge in [-0.3, -0.25) is 0 Å². The van der Waals surface area contributed by atoms with Crippen LogP contribution in [0.1, 0.15) is 19.3 Å². The van der Waals surface area contributed by atoms with Crippen LogP contribution >= 0.6 is 0 Å². The SMILES string of the molecule is C#CCC1CCN(C(=O)Nc2ccc(F)cc2)CC1. The molecule has 1 aliphatic heterocycles. The van der Waals surface area contributed by atoms with E-state index in [-0.39, 0.29) is 11.8 Å². The second-order valence-corrected chi connectivity index (χ2v) is 4.78. The van der Waals surface area contributed by atoms with Gasteiger partial charge in [0, 0.05) is 25.2 Å². The number of amides is 2. The lowest BCUT2D eigenvalue weighted by Gasteiger charge is -2.31. The Morgan fingerprint density at radius 2 is 2.00 bits per heavy atom. The van der Waals surface area contributed by atoms with Crippen LogP contribution in [0.3, 0.4) is 0 Å². The Labute approximate surface area is 112 Å². The molecule has 2 rings (SSSR count). The monoisotopic (exact) mass is 260 g/mol. The van der Waals surface area contributed by atoms with Crippen molar-refractivity contribution in [1.29, 1.82) is 0 Å². The topological polar surface area (TPSA) is 32.3 Å². The quantitative estimate of drug-likeness (QED) is 0.814. The van der Waals surface area contributed by atoms with E-state index in [1.165, 1.54) is 12.1 Å². The van der Waals surface area contributed by atoms with E-state index in [2.05, 4.69) is 11.2 Å². The molecule has 2 amide bonds. The number of halogens is 1. The number of urea groups is 1. The molecule has 3 nitrogen and oxygen atoms in total. The summed E-state index contributed by atoms with van der Waals surface area (Å²) in [5, 5.41) is 2.77. The average molecular weight is 260 g/mol. The van der Waals surface area contributed by atoms with Gasteiger partial charge in [0.25, 0.3) is 0 Å². The molecule has 0 unspecified atom stereocenters. The van der Waals surface area contributed by atoms with Gasteiger partial charge in [0.2, 0.25) is 0 Å². The van der Waals surface area contributed by atoms with E-state index >= 15 is 0 Å². The van der Waals surface area contributed by atoms with Crippen LogP contribution in [0, 0.1) is 24.1 Å². The molecule has 0 radical (unpaired) electrons. The first-order chi connectivity index (χ1) is 9.19. The van der Waals surface area contributed by atoms with Crippen molar-refractivity contribution in [1.82, 2.24) is 4.90 Å². The first kappa shape index (κ1) is 13.4. The summed E-state index contributed by atoms with van der Waals surface area (Å²) in [6.07, 6.45) is 7.97. The molecule has 1 aromatic rings. The van der Waals surface area contributed by atoms with Gasteiger partial charge in [0.15, 0.2) is 0 Å². The minimum absolute atomic E-state index is 0.134. The van der Waals surface area contributed by atoms with Crippen molar-refractivity contribution in [2.45, 2.75) is 19.3 Å². The smallest absolute Gasteiger partial charge is 0.321 e. The molecule has 0 saturated carbocycles. The fraction of sp³-hybridized carbons (Fsp3) is 0.400. The molecule has 0 bridgehead atoms. The maximum Gasteiger partial charge on any atom is 0.321 e. The molecule has 19 heavy (non-hydrogen) atoms. The average Bonchev–Trinajstić information content (AvgIpc) is 2.42. The van der Waals surface area contributed by atoms with Crippen molar-refractivity contribution < 1.29 is 9.18 Å². The molecule has 1 saturated heterocycles. The van der Waals surface area contributed by atoms with Crippen molar-refractivity contribution in [2.75, 3.05) is 18.4 Å². The molecule has 0 atom stereocenters. The summed E-state index contributed by atoms with van der Waals surface area (Å²) in [4.78, 5) is 13.8. The summed E-state index contributed by atoms with van der Waals surface area (Å²) >= 11 is 0. The minimum Gasteiger partial charge on any atom is -0.325 e. The van der Waals surface area contributed by atoms with Gasteiger partial charge in [-0.15, -0.1) is 12.3 Å². The lowest BCUT2D eigenvalue weighted by atomic mass is 9.94. The molecular weight excluding hydrogens is 243 g/mol. The van der Waals surface area contributed by atoms with Gasteiger partial charge >= 0.3 is 6.03 Å². The van der Waals surface area contributed by atoms with E-state index < -0.39 is 0 Å². The third-order valence-electron chi connectivity index (χ3n) is 3.40. The zero-order chi connectivity index (χ0) is 13.7. The Balaban J connectivity index is 1.85. The van der Waals surface area contributed by atoms with Crippen molar-refractivity contribution >= 4 is 11.7 Å². The number of rotatable bonds is 2. The van der Waals surface area contributed by atoms with Gasteiger partial charge in [-0.05, 0) is 43.0 Å². The summed E-state index contributed by atoms with van der Waals surface area (Å²) in [7, 11) is 0. The molecule has 0 spiro atoms. The minimum atomic E-state index is -0.312. The lowest BCUT2D eigenvalue weighted by Crippen LogP contribution is -2.41. The van der Waals surface area contributed by atoms with Crippen LogP contribution in [0.4, 0.5) is 14.9 Å². The predicted molar refractivity (Wildman–Crippen MR) is 73.2 cm³/mol. The molecule has 0 aliphatic carbocycles. The molecular formula is C15H17FN2O. The van der Waals surface area contributed by atoms with Gasteiger partial charge in [0.1, 0.15) is 5.82 Å². The van der Waals surface area contributed by atoms with Crippen LogP contribution in [-0.4, -0.2) is 24.0 Å². The molecule has 100 valence electrons. The predicted octanol–water partition coefficient (Wildman–Crippen LogP) is 3.09. The largest absolute Gasteiger partial charge is 0.325 e. The molecule has 1 heterocycles. The molecule has 4 heteroatoms. The number of carbonyl (C=O) groups is 1. The van der Waals surface area contributed by atoms with E-state index in [9.17, 15) is 9.18 Å². The van der Waals surface area contributed by atoms with Gasteiger partial charge in [-0.1, -0.05) is 0 Å². The number of piperidine rings is 1. The van der Waals surface area contributed by atoms with Crippen molar-refractivity contribution in [3.8, 4) is 12.3 Å². The number of nitrogens with zero attached hydrogens (tertiary/aromatic N) is 1. The van der Waals surface area contributed by atoms with Crippen LogP contribution in [0.25, 0.3) is 0 Å². The third kappa shape index (κ3) is 3.72. The second-order valence-electron chi connectivity index (χ2n) is 4.78. The maximum absolute atomic E-state index is 12.8. The molecule has 1 N–H and O–H groups in total. The van der Waals surface area contributed by atoms with E-state index in [0.717, 1.165) is 32.4 Å². The summed E-state index contributed by atoms with van der Waals surface area (Å²) < 4.78 is 12.8. The number of likely N-dealkylation sites (tertiary alicyclic amines) is 1. The van der Waals surface area contributed by atoms with E-state index in [0.29, 0.717) is 11.6 Å². The van der Waals surface area contributed by atoms with E-state index in [4.69, 9.17) is 6.42 Å². The zero-order valence-electron chi connectivity index (χ0n) is 10.7. The Morgan fingerprint density at radius 1 is 1.37 bits per heavy atom. The number of hydrogen-bond donors (Lipinski definition) is 1. The number of anilines is 1. The van der Waals surface area contributed by atoms with E-state index in [1.54, 1.807) is 17.0 Å². The first-order valence-corrected chi connectivity index (χ1v) is 6.44. The zero-order valence-corrected chi connectivity index (χ0v) is 10.7. The van der Waals surface area contributed by atoms with Gasteiger partial charge < -0.3 is 10.2 Å². The van der Waals surface area contributed by atoms with Crippen LogP contribution in [0.15, 0.2) is 24.3 Å². The normalized spacial score (nSPS) is 15.9. The van der Waals surface area contributed by atoms with Crippen LogP contribution in [0.5, 0.6) is 0 Å². The van der Waals surface area contributed by atoms with E-state index in [1.807, 2.05) is 0 Å². The van der Waals surface area contributed by atoms with Crippen molar-refractivity contribution in [3.63, 3.8) is 0 Å². The number of terminal acetylenes is 1. The third-order valence-corrected chi connectivity index (χ3v) is 3.40. The Morgan fingerprint density at radius 3 is 2.58 bits per heavy atom. The summed E-state index contributed by atoms with van der Waals surface area (Å²) in [5.74, 6) is 2.89. The van der Waals surface area contributed by atoms with Crippen LogP contribution in [0.2, 0.25) is 0 Å². The summed E-state index contributed by atoms with van der Waals surface area (Å²) in [5.41, 5.74) is 0.608. The van der Waals surface area contributed by atoms with Gasteiger partial charge in [-0.25, -0.2) is 9.18 Å². The lowest BCUT2D eigenvalue weighted by molar-refractivity contribution is 0.183. The molecule has 1 aromatic carbocycles. The highest BCUT2D eigenvalue weighted by Gasteiger charge is 2.22. The highest BCUT2D eigenvalue weighted by Crippen LogP contribution is 2.20. The number of benzene rings is 1. The van der Waals surface area contributed by atoms with Gasteiger partial charge in [0.05, 0.1) is 0 Å². The highest BCUT2D eigenvalue weighted by molar-refractivity contribution is 5.89. The standard InChI is InChI=1S/C15H17FN2O/c1-2-3-12-8-10-18(11-9-12)15(19)17-14-6-4-13(16)5-7-14/h1,4-7,12H,3,8-11H2,(H,17,19). The van der Waals surface area contributed by atoms with Crippen LogP contribution in [-0.2, 0) is 0 Å². The van der Waals surface area contributed by atoms with Crippen molar-refractivity contribution in [3.05, 3.63) is 30.1 Å². The summed E-state index contributed by atoms with van der Waals surface area (Å²) in [6, 6.07) is 5.63. The fourth-order valence-electron chi connectivity index (χ4n) is 2.24. The Bertz CT molecular complexity index is 470. The highest BCUT2D eigenvalue weighted by atomic mass is 19.1. The number of carbonyl (C=O) groups excluding carboxylic acids is 1. The summed E-state index contributed by atoms with van der Waals surface area (Å²) in [6.45, 7) is 1.44. The Hall–Kier alpha value is -2.02. The van der Waals surface area contributed by atoms with Crippen molar-refractivity contribution in [2.24, 2.45) is 5.92 Å². The second kappa shape index (κ2) is 6.24. The van der Waals surface area contributed by atoms with Crippen LogP contribution < -0.4 is 5.32 Å². The van der Waals surface area contributed by atoms with Gasteiger partial charge in [-0.2, -0.15) is 0 Å². The fourth-order valence-corrected chi connectivity index (χ4v) is 2.24. The Kier molecular flexibility index (Phi) is 4.40. The molecule has 1 aliphatic rings.